The van der Waals surface area contributed by atoms with Gasteiger partial charge in [-0.3, -0.25) is 9.20 Å². The predicted octanol–water partition coefficient (Wildman–Crippen LogP) is 3.34. The zero-order valence-electron chi connectivity index (χ0n) is 11.8. The number of halogens is 1. The quantitative estimate of drug-likeness (QED) is 0.755. The minimum atomic E-state index is -0.279. The molecule has 0 fully saturated rings. The Bertz CT molecular complexity index is 852. The van der Waals surface area contributed by atoms with Crippen molar-refractivity contribution in [2.24, 2.45) is 0 Å². The fraction of sp³-hybridized carbons (Fsp3) is 0.0625. The summed E-state index contributed by atoms with van der Waals surface area (Å²) in [5.74, 6) is 0.225. The molecule has 0 atom stereocenters. The van der Waals surface area contributed by atoms with E-state index in [1.807, 2.05) is 41.8 Å². The highest BCUT2D eigenvalue weighted by Gasteiger charge is 2.07. The van der Waals surface area contributed by atoms with Crippen LogP contribution in [-0.2, 0) is 4.79 Å². The van der Waals surface area contributed by atoms with E-state index in [1.165, 1.54) is 6.08 Å². The Balaban J connectivity index is 1.79. The Hall–Kier alpha value is -2.66. The van der Waals surface area contributed by atoms with E-state index < -0.39 is 0 Å². The number of carbonyl (C=O) groups excluding carboxylic acids is 1. The Kier molecular flexibility index (Phi) is 3.89. The number of hydrogen-bond acceptors (Lipinski definition) is 3. The lowest BCUT2D eigenvalue weighted by Crippen LogP contribution is -2.09. The molecular weight excluding hydrogens is 300 g/mol. The Morgan fingerprint density at radius 3 is 2.95 bits per heavy atom. The molecule has 6 heteroatoms. The van der Waals surface area contributed by atoms with E-state index in [4.69, 9.17) is 11.6 Å². The van der Waals surface area contributed by atoms with Crippen LogP contribution in [0.15, 0.2) is 48.8 Å². The molecule has 3 aromatic heterocycles. The van der Waals surface area contributed by atoms with Crippen molar-refractivity contribution in [1.29, 1.82) is 0 Å². The Morgan fingerprint density at radius 1 is 1.32 bits per heavy atom. The second kappa shape index (κ2) is 5.99. The molecule has 0 aliphatic heterocycles. The molecule has 0 radical (unpaired) electrons. The molecule has 22 heavy (non-hydrogen) atoms. The van der Waals surface area contributed by atoms with Gasteiger partial charge < -0.3 is 5.32 Å². The zero-order chi connectivity index (χ0) is 15.5. The van der Waals surface area contributed by atoms with Gasteiger partial charge in [0.25, 0.3) is 0 Å². The molecule has 3 heterocycles. The van der Waals surface area contributed by atoms with E-state index in [-0.39, 0.29) is 5.91 Å². The number of hydrogen-bond donors (Lipinski definition) is 1. The van der Waals surface area contributed by atoms with Gasteiger partial charge in [-0.15, -0.1) is 0 Å². The van der Waals surface area contributed by atoms with Gasteiger partial charge in [0, 0.05) is 18.5 Å². The van der Waals surface area contributed by atoms with Crippen molar-refractivity contribution in [3.8, 4) is 0 Å². The van der Waals surface area contributed by atoms with Gasteiger partial charge in [0.2, 0.25) is 5.91 Å². The number of pyridine rings is 2. The number of amides is 1. The lowest BCUT2D eigenvalue weighted by molar-refractivity contribution is -0.111. The molecule has 1 amide bonds. The molecule has 0 saturated carbocycles. The SMILES string of the molecule is Cc1ccc(NC(=O)/C=C/c2c(Cl)nc3ccccn23)nc1. The summed E-state index contributed by atoms with van der Waals surface area (Å²) in [6.07, 6.45) is 6.57. The number of rotatable bonds is 3. The summed E-state index contributed by atoms with van der Waals surface area (Å²) in [6.45, 7) is 1.94. The molecule has 0 spiro atoms. The summed E-state index contributed by atoms with van der Waals surface area (Å²) in [5.41, 5.74) is 2.42. The number of anilines is 1. The summed E-state index contributed by atoms with van der Waals surface area (Å²) in [6, 6.07) is 9.23. The van der Waals surface area contributed by atoms with Crippen LogP contribution >= 0.6 is 11.6 Å². The van der Waals surface area contributed by atoms with Gasteiger partial charge in [0.15, 0.2) is 5.15 Å². The highest BCUT2D eigenvalue weighted by molar-refractivity contribution is 6.31. The Morgan fingerprint density at radius 2 is 2.18 bits per heavy atom. The van der Waals surface area contributed by atoms with E-state index >= 15 is 0 Å². The number of carbonyl (C=O) groups is 1. The Labute approximate surface area is 132 Å². The van der Waals surface area contributed by atoms with Gasteiger partial charge in [0.1, 0.15) is 11.5 Å². The summed E-state index contributed by atoms with van der Waals surface area (Å²) in [5, 5.41) is 3.04. The highest BCUT2D eigenvalue weighted by Crippen LogP contribution is 2.18. The molecule has 0 saturated heterocycles. The average Bonchev–Trinajstić information content (AvgIpc) is 2.83. The summed E-state index contributed by atoms with van der Waals surface area (Å²) >= 11 is 6.10. The number of fused-ring (bicyclic) bond motifs is 1. The second-order valence-corrected chi connectivity index (χ2v) is 5.12. The van der Waals surface area contributed by atoms with Crippen LogP contribution in [0.2, 0.25) is 5.15 Å². The maximum atomic E-state index is 11.9. The van der Waals surface area contributed by atoms with Crippen molar-refractivity contribution in [3.05, 3.63) is 65.2 Å². The van der Waals surface area contributed by atoms with Crippen molar-refractivity contribution in [1.82, 2.24) is 14.4 Å². The van der Waals surface area contributed by atoms with Crippen molar-refractivity contribution in [2.75, 3.05) is 5.32 Å². The van der Waals surface area contributed by atoms with E-state index in [1.54, 1.807) is 18.3 Å². The van der Waals surface area contributed by atoms with Gasteiger partial charge in [-0.05, 0) is 36.8 Å². The predicted molar refractivity (Wildman–Crippen MR) is 86.8 cm³/mol. The summed E-state index contributed by atoms with van der Waals surface area (Å²) in [4.78, 5) is 20.3. The van der Waals surface area contributed by atoms with Crippen LogP contribution in [0.3, 0.4) is 0 Å². The molecule has 110 valence electrons. The fourth-order valence-electron chi connectivity index (χ4n) is 2.00. The minimum absolute atomic E-state index is 0.279. The molecule has 0 unspecified atom stereocenters. The fourth-order valence-corrected chi connectivity index (χ4v) is 2.24. The van der Waals surface area contributed by atoms with Crippen LogP contribution in [0.4, 0.5) is 5.82 Å². The van der Waals surface area contributed by atoms with Crippen LogP contribution in [0.1, 0.15) is 11.3 Å². The van der Waals surface area contributed by atoms with Gasteiger partial charge in [-0.2, -0.15) is 0 Å². The first-order chi connectivity index (χ1) is 10.6. The largest absolute Gasteiger partial charge is 0.307 e. The van der Waals surface area contributed by atoms with Crippen molar-refractivity contribution < 1.29 is 4.79 Å². The molecule has 3 rings (SSSR count). The van der Waals surface area contributed by atoms with Gasteiger partial charge >= 0.3 is 0 Å². The standard InChI is InChI=1S/C16H13ClN4O/c1-11-5-7-13(18-10-11)19-15(22)8-6-12-16(17)20-14-4-2-3-9-21(12)14/h2-10H,1H3,(H,18,19,22)/b8-6+. The number of nitrogens with zero attached hydrogens (tertiary/aromatic N) is 3. The maximum Gasteiger partial charge on any atom is 0.249 e. The summed E-state index contributed by atoms with van der Waals surface area (Å²) in [7, 11) is 0. The number of aryl methyl sites for hydroxylation is 1. The van der Waals surface area contributed by atoms with Crippen LogP contribution in [0.25, 0.3) is 11.7 Å². The molecule has 0 bridgehead atoms. The van der Waals surface area contributed by atoms with Crippen LogP contribution in [0, 0.1) is 6.92 Å². The molecule has 0 aliphatic carbocycles. The molecule has 1 N–H and O–H groups in total. The van der Waals surface area contributed by atoms with Crippen molar-refractivity contribution >= 4 is 35.0 Å². The number of aromatic nitrogens is 3. The van der Waals surface area contributed by atoms with Crippen molar-refractivity contribution in [3.63, 3.8) is 0 Å². The second-order valence-electron chi connectivity index (χ2n) is 4.76. The third-order valence-electron chi connectivity index (χ3n) is 3.08. The lowest BCUT2D eigenvalue weighted by atomic mass is 10.3. The average molecular weight is 313 g/mol. The van der Waals surface area contributed by atoms with Crippen LogP contribution in [0.5, 0.6) is 0 Å². The minimum Gasteiger partial charge on any atom is -0.307 e. The van der Waals surface area contributed by atoms with Gasteiger partial charge in [-0.25, -0.2) is 9.97 Å². The molecule has 0 aliphatic rings. The van der Waals surface area contributed by atoms with Crippen molar-refractivity contribution in [2.45, 2.75) is 6.92 Å². The van der Waals surface area contributed by atoms with E-state index in [0.717, 1.165) is 11.2 Å². The lowest BCUT2D eigenvalue weighted by Gasteiger charge is -2.01. The number of nitrogens with one attached hydrogen (secondary N) is 1. The van der Waals surface area contributed by atoms with Crippen LogP contribution < -0.4 is 5.32 Å². The topological polar surface area (TPSA) is 59.3 Å². The van der Waals surface area contributed by atoms with Crippen LogP contribution in [-0.4, -0.2) is 20.3 Å². The molecule has 3 aromatic rings. The molecule has 5 nitrogen and oxygen atoms in total. The molecule has 0 aromatic carbocycles. The van der Waals surface area contributed by atoms with E-state index in [0.29, 0.717) is 16.7 Å². The zero-order valence-corrected chi connectivity index (χ0v) is 12.6. The van der Waals surface area contributed by atoms with Gasteiger partial charge in [-0.1, -0.05) is 23.7 Å². The smallest absolute Gasteiger partial charge is 0.249 e. The first kappa shape index (κ1) is 14.3. The normalized spacial score (nSPS) is 11.2. The maximum absolute atomic E-state index is 11.9. The van der Waals surface area contributed by atoms with Gasteiger partial charge in [0.05, 0.1) is 5.69 Å². The third kappa shape index (κ3) is 2.99. The number of imidazole rings is 1. The first-order valence-electron chi connectivity index (χ1n) is 6.68. The van der Waals surface area contributed by atoms with E-state index in [2.05, 4.69) is 15.3 Å². The molecular formula is C16H13ClN4O. The van der Waals surface area contributed by atoms with E-state index in [9.17, 15) is 4.79 Å². The third-order valence-corrected chi connectivity index (χ3v) is 3.36. The first-order valence-corrected chi connectivity index (χ1v) is 7.05. The monoisotopic (exact) mass is 312 g/mol. The highest BCUT2D eigenvalue weighted by atomic mass is 35.5. The summed E-state index contributed by atoms with van der Waals surface area (Å²) < 4.78 is 1.82.